The molecule has 2 aliphatic carbocycles. The summed E-state index contributed by atoms with van der Waals surface area (Å²) in [6.45, 7) is 5.86. The van der Waals surface area contributed by atoms with Gasteiger partial charge in [0.1, 0.15) is 22.6 Å². The quantitative estimate of drug-likeness (QED) is 0.333. The first-order chi connectivity index (χ1) is 19.2. The van der Waals surface area contributed by atoms with Crippen molar-refractivity contribution in [1.82, 2.24) is 19.6 Å². The van der Waals surface area contributed by atoms with E-state index in [-0.39, 0.29) is 24.3 Å². The number of sulfonamides is 1. The Bertz CT molecular complexity index is 1280. The third kappa shape index (κ3) is 7.29. The molecule has 220 valence electrons. The molecule has 3 aliphatic rings. The Balaban J connectivity index is 1.32. The number of nitrogens with one attached hydrogen (secondary N) is 3. The average Bonchev–Trinajstić information content (AvgIpc) is 3.29. The summed E-state index contributed by atoms with van der Waals surface area (Å²) in [6, 6.07) is 5.46. The molecule has 40 heavy (non-hydrogen) atoms. The molecule has 3 fully saturated rings. The highest BCUT2D eigenvalue weighted by Gasteiger charge is 2.38. The number of nitrogens with zero attached hydrogens (tertiary/aromatic N) is 3. The van der Waals surface area contributed by atoms with Gasteiger partial charge in [-0.05, 0) is 65.1 Å². The largest absolute Gasteiger partial charge is 0.489 e. The fourth-order valence-electron chi connectivity index (χ4n) is 5.52. The zero-order valence-corrected chi connectivity index (χ0v) is 25.1. The number of anilines is 3. The third-order valence-corrected chi connectivity index (χ3v) is 10.1. The van der Waals surface area contributed by atoms with Gasteiger partial charge >= 0.3 is 0 Å². The lowest BCUT2D eigenvalue weighted by molar-refractivity contribution is 0.204. The molecular weight excluding hydrogens is 552 g/mol. The normalized spacial score (nSPS) is 24.1. The number of halogens is 1. The lowest BCUT2D eigenvalue weighted by Crippen LogP contribution is -2.51. The van der Waals surface area contributed by atoms with Crippen LogP contribution in [-0.2, 0) is 10.0 Å². The summed E-state index contributed by atoms with van der Waals surface area (Å²) in [5, 5.41) is 6.39. The maximum Gasteiger partial charge on any atom is 0.229 e. The number of hydrogen-bond acceptors (Lipinski definition) is 9. The molecule has 3 N–H and O–H groups in total. The molecule has 1 aromatic carbocycles. The zero-order chi connectivity index (χ0) is 28.3. The van der Waals surface area contributed by atoms with Crippen LogP contribution in [0.3, 0.4) is 0 Å². The van der Waals surface area contributed by atoms with Crippen LogP contribution in [0.5, 0.6) is 11.5 Å². The summed E-state index contributed by atoms with van der Waals surface area (Å²) in [6.07, 6.45) is 8.67. The second-order valence-electron chi connectivity index (χ2n) is 11.5. The number of rotatable bonds is 11. The van der Waals surface area contributed by atoms with Gasteiger partial charge in [0.2, 0.25) is 16.0 Å². The van der Waals surface area contributed by atoms with Crippen LogP contribution in [0.2, 0.25) is 5.02 Å². The minimum Gasteiger partial charge on any atom is -0.489 e. The van der Waals surface area contributed by atoms with Crippen LogP contribution >= 0.6 is 11.6 Å². The van der Waals surface area contributed by atoms with Gasteiger partial charge in [0.15, 0.2) is 5.82 Å². The molecular formula is C28H41ClN6O4S. The minimum absolute atomic E-state index is 0.0458. The Kier molecular flexibility index (Phi) is 9.24. The Labute approximate surface area is 242 Å². The fourth-order valence-corrected chi connectivity index (χ4v) is 7.65. The van der Waals surface area contributed by atoms with Crippen LogP contribution in [0.4, 0.5) is 17.5 Å². The molecule has 1 aromatic heterocycles. The van der Waals surface area contributed by atoms with Crippen molar-refractivity contribution in [3.8, 4) is 11.5 Å². The van der Waals surface area contributed by atoms with E-state index in [1.165, 1.54) is 6.20 Å². The van der Waals surface area contributed by atoms with Crippen molar-refractivity contribution in [1.29, 1.82) is 0 Å². The molecule has 1 aliphatic heterocycles. The summed E-state index contributed by atoms with van der Waals surface area (Å²) in [5.41, 5.74) is 0.695. The summed E-state index contributed by atoms with van der Waals surface area (Å²) < 4.78 is 41.6. The lowest BCUT2D eigenvalue weighted by atomic mass is 9.94. The molecule has 10 nitrogen and oxygen atoms in total. The highest BCUT2D eigenvalue weighted by atomic mass is 35.5. The van der Waals surface area contributed by atoms with Crippen molar-refractivity contribution in [3.63, 3.8) is 0 Å². The predicted molar refractivity (Wildman–Crippen MR) is 158 cm³/mol. The third-order valence-electron chi connectivity index (χ3n) is 7.82. The van der Waals surface area contributed by atoms with E-state index in [9.17, 15) is 8.42 Å². The van der Waals surface area contributed by atoms with E-state index < -0.39 is 15.3 Å². The first-order valence-electron chi connectivity index (χ1n) is 14.4. The molecule has 0 radical (unpaired) electrons. The SMILES string of the molecule is CC(C)Oc1cc(O[C@@H]2CCN(C)C2)ccc1Nc1ncc(Cl)c(N[C@H]2CCCCC2S(=O)(=O)NC2CCC2)n1. The maximum absolute atomic E-state index is 13.2. The molecule has 0 amide bonds. The summed E-state index contributed by atoms with van der Waals surface area (Å²) in [5.74, 6) is 2.12. The van der Waals surface area contributed by atoms with Crippen molar-refractivity contribution in [2.75, 3.05) is 30.8 Å². The highest BCUT2D eigenvalue weighted by molar-refractivity contribution is 7.90. The van der Waals surface area contributed by atoms with Gasteiger partial charge in [-0.2, -0.15) is 4.98 Å². The first-order valence-corrected chi connectivity index (χ1v) is 16.3. The molecule has 5 rings (SSSR count). The van der Waals surface area contributed by atoms with Crippen LogP contribution in [0, 0.1) is 0 Å². The number of hydrogen-bond donors (Lipinski definition) is 3. The minimum atomic E-state index is -3.46. The number of ether oxygens (including phenoxy) is 2. The van der Waals surface area contributed by atoms with E-state index in [0.29, 0.717) is 34.6 Å². The average molecular weight is 593 g/mol. The van der Waals surface area contributed by atoms with Crippen LogP contribution in [-0.4, -0.2) is 73.0 Å². The number of benzene rings is 1. The summed E-state index contributed by atoms with van der Waals surface area (Å²) in [7, 11) is -1.37. The van der Waals surface area contributed by atoms with E-state index in [1.807, 2.05) is 32.0 Å². The molecule has 0 bridgehead atoms. The number of aromatic nitrogens is 2. The second-order valence-corrected chi connectivity index (χ2v) is 13.8. The molecule has 2 heterocycles. The smallest absolute Gasteiger partial charge is 0.229 e. The van der Waals surface area contributed by atoms with Gasteiger partial charge in [-0.15, -0.1) is 0 Å². The lowest BCUT2D eigenvalue weighted by Gasteiger charge is -2.35. The molecule has 2 aromatic rings. The molecule has 1 unspecified atom stereocenters. The Morgan fingerprint density at radius 1 is 1.10 bits per heavy atom. The maximum atomic E-state index is 13.2. The van der Waals surface area contributed by atoms with E-state index in [0.717, 1.165) is 63.8 Å². The van der Waals surface area contributed by atoms with Gasteiger partial charge in [-0.1, -0.05) is 30.9 Å². The van der Waals surface area contributed by atoms with Gasteiger partial charge in [0, 0.05) is 31.2 Å². The van der Waals surface area contributed by atoms with Crippen LogP contribution in [0.25, 0.3) is 0 Å². The van der Waals surface area contributed by atoms with Crippen molar-refractivity contribution >= 4 is 39.1 Å². The highest BCUT2D eigenvalue weighted by Crippen LogP contribution is 2.35. The topological polar surface area (TPSA) is 118 Å². The Morgan fingerprint density at radius 2 is 1.90 bits per heavy atom. The van der Waals surface area contributed by atoms with Crippen molar-refractivity contribution in [2.45, 2.75) is 94.8 Å². The van der Waals surface area contributed by atoms with Gasteiger partial charge in [-0.3, -0.25) is 0 Å². The summed E-state index contributed by atoms with van der Waals surface area (Å²) >= 11 is 6.48. The van der Waals surface area contributed by atoms with Gasteiger partial charge in [-0.25, -0.2) is 18.1 Å². The molecule has 3 atom stereocenters. The Hall–Kier alpha value is -2.34. The fraction of sp³-hybridized carbons (Fsp3) is 0.643. The zero-order valence-electron chi connectivity index (χ0n) is 23.5. The standard InChI is InChI=1S/C28H41ClN6O4S/c1-18(2)38-25-15-20(39-21-13-14-35(3)17-21)11-12-23(25)32-28-30-16-22(29)27(33-28)31-24-9-4-5-10-26(24)40(36,37)34-19-7-6-8-19/h11-12,15-16,18-19,21,24,26,34H,4-10,13-14,17H2,1-3H3,(H2,30,31,32,33)/t21-,24+,26?/m1/s1. The molecule has 12 heteroatoms. The van der Waals surface area contributed by atoms with Gasteiger partial charge < -0.3 is 25.0 Å². The monoisotopic (exact) mass is 592 g/mol. The summed E-state index contributed by atoms with van der Waals surface area (Å²) in [4.78, 5) is 11.3. The van der Waals surface area contributed by atoms with E-state index >= 15 is 0 Å². The van der Waals surface area contributed by atoms with Crippen LogP contribution in [0.15, 0.2) is 24.4 Å². The van der Waals surface area contributed by atoms with Crippen LogP contribution < -0.4 is 24.8 Å². The molecule has 0 spiro atoms. The first kappa shape index (κ1) is 29.2. The Morgan fingerprint density at radius 3 is 2.60 bits per heavy atom. The molecule has 1 saturated heterocycles. The number of likely N-dealkylation sites (N-methyl/N-ethyl adjacent to an activating group) is 1. The molecule has 2 saturated carbocycles. The van der Waals surface area contributed by atoms with Crippen molar-refractivity contribution < 1.29 is 17.9 Å². The van der Waals surface area contributed by atoms with Crippen molar-refractivity contribution in [2.24, 2.45) is 0 Å². The predicted octanol–water partition coefficient (Wildman–Crippen LogP) is 4.94. The van der Waals surface area contributed by atoms with E-state index in [2.05, 4.69) is 37.3 Å². The van der Waals surface area contributed by atoms with E-state index in [4.69, 9.17) is 21.1 Å². The second kappa shape index (κ2) is 12.7. The van der Waals surface area contributed by atoms with Crippen LogP contribution in [0.1, 0.15) is 65.2 Å². The van der Waals surface area contributed by atoms with Crippen molar-refractivity contribution in [3.05, 3.63) is 29.4 Å². The van der Waals surface area contributed by atoms with Gasteiger partial charge in [0.05, 0.1) is 23.2 Å². The van der Waals surface area contributed by atoms with E-state index in [1.54, 1.807) is 0 Å². The number of likely N-dealkylation sites (tertiary alicyclic amines) is 1. The van der Waals surface area contributed by atoms with Gasteiger partial charge in [0.25, 0.3) is 0 Å².